The Balaban J connectivity index is 2.30. The number of nitrogens with one attached hydrogen (secondary N) is 2. The second-order valence-electron chi connectivity index (χ2n) is 4.16. The highest BCUT2D eigenvalue weighted by Crippen LogP contribution is 2.25. The van der Waals surface area contributed by atoms with E-state index in [1.807, 2.05) is 4.72 Å². The molecule has 2 N–H and O–H groups in total. The number of anilines is 1. The molecule has 0 unspecified atom stereocenters. The number of sulfonamides is 1. The van der Waals surface area contributed by atoms with Gasteiger partial charge in [0.05, 0.1) is 5.69 Å². The first-order valence-corrected chi connectivity index (χ1v) is 8.09. The van der Waals surface area contributed by atoms with Gasteiger partial charge in [0, 0.05) is 18.7 Å². The van der Waals surface area contributed by atoms with E-state index < -0.39 is 33.2 Å². The highest BCUT2D eigenvalue weighted by atomic mass is 32.2. The van der Waals surface area contributed by atoms with Crippen LogP contribution in [0.25, 0.3) is 0 Å². The average molecular weight is 336 g/mol. The van der Waals surface area contributed by atoms with E-state index in [1.54, 1.807) is 12.4 Å². The summed E-state index contributed by atoms with van der Waals surface area (Å²) in [5.41, 5.74) is 0.103. The molecule has 1 aromatic carbocycles. The maximum absolute atomic E-state index is 13.5. The van der Waals surface area contributed by atoms with Crippen molar-refractivity contribution in [1.29, 1.82) is 0 Å². The minimum Gasteiger partial charge on any atom is -0.316 e. The highest BCUT2D eigenvalue weighted by Gasteiger charge is 2.20. The third-order valence-corrected chi connectivity index (χ3v) is 5.38. The number of hydrogen-bond donors (Lipinski definition) is 2. The number of benzene rings is 1. The molecule has 0 radical (unpaired) electrons. The lowest BCUT2D eigenvalue weighted by Crippen LogP contribution is -2.13. The summed E-state index contributed by atoms with van der Waals surface area (Å²) in [7, 11) is -2.34. The van der Waals surface area contributed by atoms with E-state index in [0.29, 0.717) is 12.6 Å². The summed E-state index contributed by atoms with van der Waals surface area (Å²) in [5, 5.41) is 4.49. The van der Waals surface area contributed by atoms with Crippen LogP contribution < -0.4 is 10.0 Å². The molecule has 9 heteroatoms. The summed E-state index contributed by atoms with van der Waals surface area (Å²) < 4.78 is 65.3. The quantitative estimate of drug-likeness (QED) is 0.826. The van der Waals surface area contributed by atoms with E-state index in [9.17, 15) is 21.6 Å². The van der Waals surface area contributed by atoms with Crippen LogP contribution in [-0.4, -0.2) is 15.5 Å². The molecule has 0 saturated carbocycles. The fourth-order valence-electron chi connectivity index (χ4n) is 1.59. The molecule has 0 saturated heterocycles. The summed E-state index contributed by atoms with van der Waals surface area (Å²) in [6.07, 6.45) is 0. The molecule has 21 heavy (non-hydrogen) atoms. The van der Waals surface area contributed by atoms with Gasteiger partial charge in [-0.1, -0.05) is 0 Å². The normalized spacial score (nSPS) is 11.6. The third-order valence-electron chi connectivity index (χ3n) is 2.53. The summed E-state index contributed by atoms with van der Waals surface area (Å²) in [6.45, 7) is 0.478. The fourth-order valence-corrected chi connectivity index (χ4v) is 3.85. The number of rotatable bonds is 5. The van der Waals surface area contributed by atoms with Gasteiger partial charge in [0.25, 0.3) is 10.0 Å². The molecule has 114 valence electrons. The summed E-state index contributed by atoms with van der Waals surface area (Å²) in [5.74, 6) is -3.91. The van der Waals surface area contributed by atoms with Gasteiger partial charge in [0.1, 0.15) is 10.0 Å². The molecular formula is C12H11F3N2O2S2. The van der Waals surface area contributed by atoms with Gasteiger partial charge in [-0.05, 0) is 24.1 Å². The van der Waals surface area contributed by atoms with Crippen LogP contribution in [0.2, 0.25) is 0 Å². The zero-order valence-corrected chi connectivity index (χ0v) is 12.4. The Morgan fingerprint density at radius 2 is 1.76 bits per heavy atom. The maximum atomic E-state index is 13.5. The first-order chi connectivity index (χ1) is 9.83. The zero-order valence-electron chi connectivity index (χ0n) is 10.8. The van der Waals surface area contributed by atoms with Crippen molar-refractivity contribution in [3.05, 3.63) is 46.6 Å². The Morgan fingerprint density at radius 3 is 2.43 bits per heavy atom. The lowest BCUT2D eigenvalue weighted by Gasteiger charge is -2.07. The molecule has 0 aliphatic rings. The number of thiophene rings is 1. The van der Waals surface area contributed by atoms with Gasteiger partial charge < -0.3 is 5.32 Å². The van der Waals surface area contributed by atoms with Crippen LogP contribution in [0.5, 0.6) is 0 Å². The Morgan fingerprint density at radius 1 is 1.10 bits per heavy atom. The van der Waals surface area contributed by atoms with E-state index in [4.69, 9.17) is 0 Å². The van der Waals surface area contributed by atoms with E-state index in [0.717, 1.165) is 16.9 Å². The first-order valence-electron chi connectivity index (χ1n) is 5.73. The number of halogens is 3. The third kappa shape index (κ3) is 3.55. The van der Waals surface area contributed by atoms with Crippen LogP contribution in [0.4, 0.5) is 18.9 Å². The predicted octanol–water partition coefficient (Wildman–Crippen LogP) is 2.69. The first kappa shape index (κ1) is 15.8. The largest absolute Gasteiger partial charge is 0.316 e. The maximum Gasteiger partial charge on any atom is 0.271 e. The minimum atomic E-state index is -4.05. The van der Waals surface area contributed by atoms with Crippen molar-refractivity contribution in [2.24, 2.45) is 0 Å². The van der Waals surface area contributed by atoms with Gasteiger partial charge in [0.15, 0.2) is 11.6 Å². The molecule has 0 fully saturated rings. The topological polar surface area (TPSA) is 58.2 Å². The molecule has 0 bridgehead atoms. The van der Waals surface area contributed by atoms with Crippen LogP contribution in [0.15, 0.2) is 27.8 Å². The van der Waals surface area contributed by atoms with E-state index in [1.165, 1.54) is 6.07 Å². The van der Waals surface area contributed by atoms with Crippen molar-refractivity contribution in [2.45, 2.75) is 10.8 Å². The molecule has 4 nitrogen and oxygen atoms in total. The van der Waals surface area contributed by atoms with Crippen LogP contribution in [0.3, 0.4) is 0 Å². The Bertz CT molecular complexity index is 760. The molecule has 0 aliphatic carbocycles. The van der Waals surface area contributed by atoms with Crippen molar-refractivity contribution < 1.29 is 21.6 Å². The van der Waals surface area contributed by atoms with E-state index in [2.05, 4.69) is 5.32 Å². The van der Waals surface area contributed by atoms with Crippen molar-refractivity contribution in [3.63, 3.8) is 0 Å². The summed E-state index contributed by atoms with van der Waals surface area (Å²) in [6, 6.07) is 2.17. The zero-order chi connectivity index (χ0) is 15.6. The van der Waals surface area contributed by atoms with Crippen molar-refractivity contribution in [2.75, 3.05) is 11.8 Å². The molecular weight excluding hydrogens is 325 g/mol. The Kier molecular flexibility index (Phi) is 4.55. The fraction of sp³-hybridized carbons (Fsp3) is 0.167. The summed E-state index contributed by atoms with van der Waals surface area (Å²) in [4.78, 5) is 0. The lowest BCUT2D eigenvalue weighted by atomic mass is 10.3. The minimum absolute atomic E-state index is 0.0446. The number of hydrogen-bond acceptors (Lipinski definition) is 4. The highest BCUT2D eigenvalue weighted by molar-refractivity contribution is 7.94. The van der Waals surface area contributed by atoms with Gasteiger partial charge in [-0.15, -0.1) is 11.3 Å². The molecule has 0 spiro atoms. The molecule has 0 atom stereocenters. The van der Waals surface area contributed by atoms with E-state index >= 15 is 0 Å². The molecule has 1 aromatic heterocycles. The summed E-state index contributed by atoms with van der Waals surface area (Å²) >= 11 is 0.948. The molecule has 2 rings (SSSR count). The van der Waals surface area contributed by atoms with Crippen LogP contribution in [0, 0.1) is 17.5 Å². The van der Waals surface area contributed by atoms with Crippen LogP contribution in [0.1, 0.15) is 5.56 Å². The average Bonchev–Trinajstić information content (AvgIpc) is 2.86. The molecule has 0 aliphatic heterocycles. The van der Waals surface area contributed by atoms with Crippen LogP contribution in [-0.2, 0) is 16.6 Å². The Labute approximate surface area is 123 Å². The smallest absolute Gasteiger partial charge is 0.271 e. The molecule has 2 aromatic rings. The van der Waals surface area contributed by atoms with E-state index in [-0.39, 0.29) is 10.3 Å². The second-order valence-corrected chi connectivity index (χ2v) is 6.98. The predicted molar refractivity (Wildman–Crippen MR) is 74.2 cm³/mol. The molecule has 0 amide bonds. The Hall–Kier alpha value is -1.58. The van der Waals surface area contributed by atoms with Crippen LogP contribution >= 0.6 is 11.3 Å². The molecule has 1 heterocycles. The lowest BCUT2D eigenvalue weighted by molar-refractivity contribution is 0.496. The van der Waals surface area contributed by atoms with Gasteiger partial charge in [-0.25, -0.2) is 21.6 Å². The van der Waals surface area contributed by atoms with Gasteiger partial charge in [-0.3, -0.25) is 4.72 Å². The van der Waals surface area contributed by atoms with Gasteiger partial charge in [0.2, 0.25) is 0 Å². The van der Waals surface area contributed by atoms with Gasteiger partial charge >= 0.3 is 0 Å². The van der Waals surface area contributed by atoms with Crippen molar-refractivity contribution >= 4 is 27.0 Å². The van der Waals surface area contributed by atoms with Crippen molar-refractivity contribution in [1.82, 2.24) is 5.32 Å². The second kappa shape index (κ2) is 6.04. The van der Waals surface area contributed by atoms with Crippen molar-refractivity contribution in [3.8, 4) is 0 Å². The SMILES string of the molecule is CNCc1csc(S(=O)(=O)Nc2cc(F)c(F)cc2F)c1. The van der Waals surface area contributed by atoms with Gasteiger partial charge in [-0.2, -0.15) is 0 Å². The monoisotopic (exact) mass is 336 g/mol. The standard InChI is InChI=1S/C12H11F3N2O2S2/c1-16-5-7-2-12(20-6-7)21(18,19)17-11-4-9(14)8(13)3-10(11)15/h2-4,6,16-17H,5H2,1H3.